The van der Waals surface area contributed by atoms with Crippen molar-refractivity contribution >= 4 is 0 Å². The summed E-state index contributed by atoms with van der Waals surface area (Å²) in [6.45, 7) is 0.876. The number of rotatable bonds is 2. The summed E-state index contributed by atoms with van der Waals surface area (Å²) in [5, 5.41) is 0. The monoisotopic (exact) mass is 167 g/mol. The molecular formula is C10H17NO. The quantitative estimate of drug-likeness (QED) is 0.680. The largest absolute Gasteiger partial charge is 0.501 e. The van der Waals surface area contributed by atoms with E-state index in [1.165, 1.54) is 24.8 Å². The normalized spacial score (nSPS) is 26.9. The van der Waals surface area contributed by atoms with Crippen LogP contribution < -0.4 is 5.73 Å². The van der Waals surface area contributed by atoms with Crippen LogP contribution in [0.1, 0.15) is 32.1 Å². The Kier molecular flexibility index (Phi) is 2.35. The van der Waals surface area contributed by atoms with E-state index in [1.54, 1.807) is 0 Å². The van der Waals surface area contributed by atoms with Crippen molar-refractivity contribution in [2.45, 2.75) is 38.1 Å². The maximum absolute atomic E-state index is 6.11. The highest BCUT2D eigenvalue weighted by molar-refractivity contribution is 5.11. The smallest absolute Gasteiger partial charge is 0.0876 e. The topological polar surface area (TPSA) is 35.2 Å². The van der Waals surface area contributed by atoms with Crippen molar-refractivity contribution in [1.29, 1.82) is 0 Å². The summed E-state index contributed by atoms with van der Waals surface area (Å²) in [6, 6.07) is 0.291. The van der Waals surface area contributed by atoms with E-state index in [-0.39, 0.29) is 0 Å². The van der Waals surface area contributed by atoms with Gasteiger partial charge in [-0.1, -0.05) is 6.42 Å². The highest BCUT2D eigenvalue weighted by Gasteiger charge is 2.27. The van der Waals surface area contributed by atoms with Gasteiger partial charge in [0.25, 0.3) is 0 Å². The average Bonchev–Trinajstić information content (AvgIpc) is 2.03. The zero-order valence-corrected chi connectivity index (χ0v) is 7.46. The first-order valence-electron chi connectivity index (χ1n) is 4.94. The molecule has 1 aliphatic heterocycles. The van der Waals surface area contributed by atoms with Gasteiger partial charge in [-0.3, -0.25) is 0 Å². The third-order valence-electron chi connectivity index (χ3n) is 3.05. The van der Waals surface area contributed by atoms with Crippen LogP contribution in [0.2, 0.25) is 0 Å². The minimum atomic E-state index is 0.291. The van der Waals surface area contributed by atoms with E-state index >= 15 is 0 Å². The van der Waals surface area contributed by atoms with Crippen LogP contribution >= 0.6 is 0 Å². The van der Waals surface area contributed by atoms with Gasteiger partial charge in [0.15, 0.2) is 0 Å². The summed E-state index contributed by atoms with van der Waals surface area (Å²) in [6.07, 6.45) is 8.19. The minimum Gasteiger partial charge on any atom is -0.501 e. The molecule has 0 aromatic heterocycles. The standard InChI is InChI=1S/C10H17NO/c11-10(8-3-1-4-8)9-5-2-6-12-7-9/h7-8,10H,1-6,11H2. The van der Waals surface area contributed by atoms with E-state index in [1.807, 2.05) is 6.26 Å². The summed E-state index contributed by atoms with van der Waals surface area (Å²) in [7, 11) is 0. The molecule has 12 heavy (non-hydrogen) atoms. The zero-order valence-electron chi connectivity index (χ0n) is 7.46. The molecule has 1 heterocycles. The van der Waals surface area contributed by atoms with Crippen LogP contribution in [0.25, 0.3) is 0 Å². The van der Waals surface area contributed by atoms with Crippen LogP contribution in [0.15, 0.2) is 11.8 Å². The first-order valence-corrected chi connectivity index (χ1v) is 4.94. The van der Waals surface area contributed by atoms with Gasteiger partial charge in [0.1, 0.15) is 0 Å². The van der Waals surface area contributed by atoms with Crippen molar-refractivity contribution in [3.8, 4) is 0 Å². The van der Waals surface area contributed by atoms with Crippen LogP contribution in [0.4, 0.5) is 0 Å². The van der Waals surface area contributed by atoms with Crippen LogP contribution in [-0.2, 0) is 4.74 Å². The van der Waals surface area contributed by atoms with Gasteiger partial charge in [0, 0.05) is 6.04 Å². The van der Waals surface area contributed by atoms with Gasteiger partial charge >= 0.3 is 0 Å². The highest BCUT2D eigenvalue weighted by Crippen LogP contribution is 2.33. The van der Waals surface area contributed by atoms with E-state index in [0.717, 1.165) is 25.4 Å². The Morgan fingerprint density at radius 3 is 2.75 bits per heavy atom. The summed E-state index contributed by atoms with van der Waals surface area (Å²) in [4.78, 5) is 0. The summed E-state index contributed by atoms with van der Waals surface area (Å²) >= 11 is 0. The Hall–Kier alpha value is -0.500. The van der Waals surface area contributed by atoms with E-state index in [9.17, 15) is 0 Å². The van der Waals surface area contributed by atoms with Gasteiger partial charge in [0.05, 0.1) is 12.9 Å². The van der Waals surface area contributed by atoms with Crippen LogP contribution in [0, 0.1) is 5.92 Å². The number of nitrogens with two attached hydrogens (primary N) is 1. The predicted octanol–water partition coefficient (Wildman–Crippen LogP) is 1.81. The Morgan fingerprint density at radius 1 is 1.42 bits per heavy atom. The Morgan fingerprint density at radius 2 is 2.25 bits per heavy atom. The second-order valence-corrected chi connectivity index (χ2v) is 3.88. The second kappa shape index (κ2) is 3.48. The fourth-order valence-electron chi connectivity index (χ4n) is 1.93. The third kappa shape index (κ3) is 1.48. The van der Waals surface area contributed by atoms with Crippen molar-refractivity contribution in [3.05, 3.63) is 11.8 Å². The Balaban J connectivity index is 1.92. The number of hydrogen-bond acceptors (Lipinski definition) is 2. The van der Waals surface area contributed by atoms with E-state index in [2.05, 4.69) is 0 Å². The Bertz CT molecular complexity index is 184. The molecule has 0 radical (unpaired) electrons. The Labute approximate surface area is 73.8 Å². The van der Waals surface area contributed by atoms with Crippen LogP contribution in [-0.4, -0.2) is 12.6 Å². The number of ether oxygens (including phenoxy) is 1. The molecule has 68 valence electrons. The van der Waals surface area contributed by atoms with Gasteiger partial charge in [0.2, 0.25) is 0 Å². The molecule has 1 saturated carbocycles. The maximum atomic E-state index is 6.11. The van der Waals surface area contributed by atoms with Crippen LogP contribution in [0.5, 0.6) is 0 Å². The molecule has 1 unspecified atom stereocenters. The van der Waals surface area contributed by atoms with E-state index in [4.69, 9.17) is 10.5 Å². The first-order chi connectivity index (χ1) is 5.88. The third-order valence-corrected chi connectivity index (χ3v) is 3.05. The van der Waals surface area contributed by atoms with Gasteiger partial charge in [-0.2, -0.15) is 0 Å². The SMILES string of the molecule is NC(C1=COCCC1)C1CCC1. The lowest BCUT2D eigenvalue weighted by Gasteiger charge is -2.33. The maximum Gasteiger partial charge on any atom is 0.0876 e. The average molecular weight is 167 g/mol. The molecule has 0 aromatic rings. The summed E-state index contributed by atoms with van der Waals surface area (Å²) in [5.41, 5.74) is 7.44. The molecule has 0 saturated heterocycles. The molecule has 1 fully saturated rings. The molecular weight excluding hydrogens is 150 g/mol. The zero-order chi connectivity index (χ0) is 8.39. The molecule has 2 heteroatoms. The summed E-state index contributed by atoms with van der Waals surface area (Å²) in [5.74, 6) is 0.748. The molecule has 2 aliphatic rings. The van der Waals surface area contributed by atoms with E-state index < -0.39 is 0 Å². The van der Waals surface area contributed by atoms with Crippen molar-refractivity contribution in [1.82, 2.24) is 0 Å². The molecule has 0 spiro atoms. The lowest BCUT2D eigenvalue weighted by molar-refractivity contribution is 0.207. The second-order valence-electron chi connectivity index (χ2n) is 3.88. The van der Waals surface area contributed by atoms with Crippen molar-refractivity contribution in [2.75, 3.05) is 6.61 Å². The molecule has 2 nitrogen and oxygen atoms in total. The van der Waals surface area contributed by atoms with Gasteiger partial charge in [-0.15, -0.1) is 0 Å². The van der Waals surface area contributed by atoms with Crippen LogP contribution in [0.3, 0.4) is 0 Å². The van der Waals surface area contributed by atoms with Gasteiger partial charge in [-0.05, 0) is 37.2 Å². The molecule has 2 N–H and O–H groups in total. The number of hydrogen-bond donors (Lipinski definition) is 1. The van der Waals surface area contributed by atoms with E-state index in [0.29, 0.717) is 6.04 Å². The lowest BCUT2D eigenvalue weighted by Crippen LogP contribution is -2.36. The molecule has 0 bridgehead atoms. The fourth-order valence-corrected chi connectivity index (χ4v) is 1.93. The first kappa shape index (κ1) is 8.11. The molecule has 1 aliphatic carbocycles. The van der Waals surface area contributed by atoms with Crippen molar-refractivity contribution in [2.24, 2.45) is 11.7 Å². The molecule has 1 atom stereocenters. The molecule has 0 amide bonds. The fraction of sp³-hybridized carbons (Fsp3) is 0.800. The predicted molar refractivity (Wildman–Crippen MR) is 48.6 cm³/mol. The van der Waals surface area contributed by atoms with Gasteiger partial charge < -0.3 is 10.5 Å². The molecule has 0 aromatic carbocycles. The van der Waals surface area contributed by atoms with Crippen molar-refractivity contribution < 1.29 is 4.74 Å². The lowest BCUT2D eigenvalue weighted by atomic mass is 9.77. The minimum absolute atomic E-state index is 0.291. The van der Waals surface area contributed by atoms with Gasteiger partial charge in [-0.25, -0.2) is 0 Å². The highest BCUT2D eigenvalue weighted by atomic mass is 16.5. The molecule has 2 rings (SSSR count). The van der Waals surface area contributed by atoms with Crippen molar-refractivity contribution in [3.63, 3.8) is 0 Å². The summed E-state index contributed by atoms with van der Waals surface area (Å²) < 4.78 is 5.28.